The molecule has 0 spiro atoms. The largest absolute Gasteiger partial charge is 0.0695 e. The van der Waals surface area contributed by atoms with E-state index >= 15 is 0 Å². The maximum Gasteiger partial charge on any atom is 0.0452 e. The van der Waals surface area contributed by atoms with E-state index in [0.29, 0.717) is 5.92 Å². The van der Waals surface area contributed by atoms with E-state index in [9.17, 15) is 0 Å². The topological polar surface area (TPSA) is 0 Å². The van der Waals surface area contributed by atoms with Gasteiger partial charge >= 0.3 is 0 Å². The first-order valence-corrected chi connectivity index (χ1v) is 9.93. The molecule has 0 bridgehead atoms. The Bertz CT molecular complexity index is 401. The van der Waals surface area contributed by atoms with Crippen molar-refractivity contribution in [3.8, 4) is 0 Å². The van der Waals surface area contributed by atoms with Crippen molar-refractivity contribution in [3.05, 3.63) is 39.9 Å². The summed E-state index contributed by atoms with van der Waals surface area (Å²) in [5, 5.41) is 0. The lowest BCUT2D eigenvalue weighted by Crippen LogP contribution is -2.22. The average Bonchev–Trinajstić information content (AvgIpc) is 2.41. The van der Waals surface area contributed by atoms with Crippen LogP contribution in [0.15, 0.2) is 28.7 Å². The molecule has 80 valence electrons. The first kappa shape index (κ1) is 11.2. The fourth-order valence-corrected chi connectivity index (χ4v) is 4.80. The van der Waals surface area contributed by atoms with Crippen LogP contribution in [0.1, 0.15) is 17.0 Å². The molecule has 1 unspecified atom stereocenters. The second-order valence-corrected chi connectivity index (χ2v) is 11.9. The molecule has 0 N–H and O–H groups in total. The third-order valence-electron chi connectivity index (χ3n) is 2.81. The number of rotatable bonds is 2. The highest BCUT2D eigenvalue weighted by Crippen LogP contribution is 2.43. The number of halogens is 1. The highest BCUT2D eigenvalue weighted by molar-refractivity contribution is 9.11. The van der Waals surface area contributed by atoms with Gasteiger partial charge in [-0.2, -0.15) is 0 Å². The zero-order chi connectivity index (χ0) is 11.1. The summed E-state index contributed by atoms with van der Waals surface area (Å²) in [6.45, 7) is 7.32. The number of benzene rings is 1. The molecule has 0 aliphatic heterocycles. The summed E-state index contributed by atoms with van der Waals surface area (Å²) in [6, 6.07) is 10.1. The van der Waals surface area contributed by atoms with Gasteiger partial charge in [-0.25, -0.2) is 0 Å². The van der Waals surface area contributed by atoms with Crippen molar-refractivity contribution >= 4 is 30.1 Å². The second-order valence-electron chi connectivity index (χ2n) is 5.48. The minimum absolute atomic E-state index is 0.618. The molecule has 0 fully saturated rings. The second kappa shape index (κ2) is 3.91. The Morgan fingerprint density at radius 2 is 1.87 bits per heavy atom. The summed E-state index contributed by atoms with van der Waals surface area (Å²) >= 11 is 3.72. The predicted octanol–water partition coefficient (Wildman–Crippen LogP) is 4.86. The summed E-state index contributed by atoms with van der Waals surface area (Å²) in [5.41, 5.74) is 2.90. The average molecular weight is 281 g/mol. The van der Waals surface area contributed by atoms with Crippen molar-refractivity contribution in [2.45, 2.75) is 31.6 Å². The van der Waals surface area contributed by atoms with Gasteiger partial charge in [0.1, 0.15) is 0 Å². The summed E-state index contributed by atoms with van der Waals surface area (Å²) in [4.78, 5) is 0. The van der Waals surface area contributed by atoms with Crippen LogP contribution in [-0.4, -0.2) is 8.07 Å². The minimum Gasteiger partial charge on any atom is -0.0695 e. The molecule has 1 aliphatic rings. The lowest BCUT2D eigenvalue weighted by molar-refractivity contribution is 0.949. The highest BCUT2D eigenvalue weighted by Gasteiger charge is 2.28. The van der Waals surface area contributed by atoms with Gasteiger partial charge in [0.2, 0.25) is 0 Å². The molecule has 1 aliphatic carbocycles. The van der Waals surface area contributed by atoms with Crippen LogP contribution in [0.5, 0.6) is 0 Å². The number of hydrogen-bond acceptors (Lipinski definition) is 0. The Labute approximate surface area is 102 Å². The summed E-state index contributed by atoms with van der Waals surface area (Å²) in [7, 11) is -1.00. The lowest BCUT2D eigenvalue weighted by atomic mass is 10.0. The van der Waals surface area contributed by atoms with Gasteiger partial charge in [0.25, 0.3) is 0 Å². The molecule has 1 aromatic carbocycles. The molecule has 0 heterocycles. The zero-order valence-electron chi connectivity index (χ0n) is 9.55. The molecule has 0 nitrogen and oxygen atoms in total. The molecule has 2 heteroatoms. The van der Waals surface area contributed by atoms with Crippen LogP contribution in [0.3, 0.4) is 0 Å². The Morgan fingerprint density at radius 1 is 1.20 bits per heavy atom. The Kier molecular flexibility index (Phi) is 2.91. The van der Waals surface area contributed by atoms with Crippen molar-refractivity contribution in [1.29, 1.82) is 0 Å². The molecular weight excluding hydrogens is 264 g/mol. The first-order valence-electron chi connectivity index (χ1n) is 5.43. The predicted molar refractivity (Wildman–Crippen MR) is 74.2 cm³/mol. The van der Waals surface area contributed by atoms with Gasteiger partial charge < -0.3 is 0 Å². The van der Waals surface area contributed by atoms with E-state index in [2.05, 4.69) is 65.9 Å². The number of hydrogen-bond donors (Lipinski definition) is 0. The van der Waals surface area contributed by atoms with Crippen molar-refractivity contribution < 1.29 is 0 Å². The van der Waals surface area contributed by atoms with Crippen LogP contribution in [0.25, 0.3) is 6.08 Å². The first-order chi connectivity index (χ1) is 6.97. The van der Waals surface area contributed by atoms with Crippen LogP contribution in [-0.2, 0) is 0 Å². The Hall–Kier alpha value is -0.343. The maximum atomic E-state index is 3.72. The van der Waals surface area contributed by atoms with E-state index in [1.54, 1.807) is 0 Å². The van der Waals surface area contributed by atoms with E-state index in [-0.39, 0.29) is 0 Å². The molecule has 0 saturated carbocycles. The molecule has 1 aromatic rings. The summed E-state index contributed by atoms with van der Waals surface area (Å²) < 4.78 is 1.37. The van der Waals surface area contributed by atoms with Gasteiger partial charge in [-0.15, -0.1) is 0 Å². The van der Waals surface area contributed by atoms with E-state index in [0.717, 1.165) is 0 Å². The molecule has 0 aromatic heterocycles. The highest BCUT2D eigenvalue weighted by atomic mass is 79.9. The van der Waals surface area contributed by atoms with Gasteiger partial charge in [0, 0.05) is 18.5 Å². The number of allylic oxidation sites excluding steroid dienone is 1. The van der Waals surface area contributed by atoms with E-state index in [1.165, 1.54) is 21.7 Å². The summed E-state index contributed by atoms with van der Waals surface area (Å²) in [6.07, 6.45) is 2.28. The van der Waals surface area contributed by atoms with Crippen LogP contribution >= 0.6 is 15.9 Å². The van der Waals surface area contributed by atoms with Crippen LogP contribution < -0.4 is 0 Å². The van der Waals surface area contributed by atoms with Gasteiger partial charge in [-0.1, -0.05) is 59.8 Å². The molecule has 0 amide bonds. The Balaban J connectivity index is 2.32. The summed E-state index contributed by atoms with van der Waals surface area (Å²) in [5.74, 6) is 0.618. The number of fused-ring (bicyclic) bond motifs is 1. The van der Waals surface area contributed by atoms with Crippen LogP contribution in [0.2, 0.25) is 25.7 Å². The van der Waals surface area contributed by atoms with E-state index in [1.807, 2.05) is 0 Å². The molecule has 15 heavy (non-hydrogen) atoms. The normalized spacial score (nSPS) is 20.0. The Morgan fingerprint density at radius 3 is 2.53 bits per heavy atom. The van der Waals surface area contributed by atoms with Crippen LogP contribution in [0, 0.1) is 0 Å². The van der Waals surface area contributed by atoms with Crippen molar-refractivity contribution in [2.24, 2.45) is 0 Å². The fraction of sp³-hybridized carbons (Fsp3) is 0.385. The molecule has 1 atom stereocenters. The van der Waals surface area contributed by atoms with Gasteiger partial charge in [-0.3, -0.25) is 0 Å². The third kappa shape index (κ3) is 2.43. The van der Waals surface area contributed by atoms with Gasteiger partial charge in [0.05, 0.1) is 0 Å². The van der Waals surface area contributed by atoms with E-state index in [4.69, 9.17) is 0 Å². The quantitative estimate of drug-likeness (QED) is 0.679. The van der Waals surface area contributed by atoms with Crippen molar-refractivity contribution in [3.63, 3.8) is 0 Å². The molecule has 2 rings (SSSR count). The van der Waals surface area contributed by atoms with E-state index < -0.39 is 8.07 Å². The minimum atomic E-state index is -1.00. The van der Waals surface area contributed by atoms with Crippen molar-refractivity contribution in [2.75, 3.05) is 0 Å². The van der Waals surface area contributed by atoms with Crippen LogP contribution in [0.4, 0.5) is 0 Å². The lowest BCUT2D eigenvalue weighted by Gasteiger charge is -2.22. The third-order valence-corrected chi connectivity index (χ3v) is 5.23. The molecule has 0 radical (unpaired) electrons. The maximum absolute atomic E-state index is 3.72. The molecule has 0 saturated heterocycles. The smallest absolute Gasteiger partial charge is 0.0452 e. The SMILES string of the molecule is C[Si](C)(C)CC1C(Br)=Cc2ccccc21. The zero-order valence-corrected chi connectivity index (χ0v) is 12.1. The monoisotopic (exact) mass is 280 g/mol. The van der Waals surface area contributed by atoms with Crippen molar-refractivity contribution in [1.82, 2.24) is 0 Å². The van der Waals surface area contributed by atoms with Gasteiger partial charge in [-0.05, 0) is 23.2 Å². The standard InChI is InChI=1S/C13H17BrSi/c1-15(2,3)9-12-11-7-5-4-6-10(11)8-13(12)14/h4-8,12H,9H2,1-3H3. The fourth-order valence-electron chi connectivity index (χ4n) is 2.18. The van der Waals surface area contributed by atoms with Gasteiger partial charge in [0.15, 0.2) is 0 Å². The molecular formula is C13H17BrSi.